The Morgan fingerprint density at radius 3 is 1.74 bits per heavy atom. The van der Waals surface area contributed by atoms with Crippen molar-refractivity contribution < 1.29 is 0 Å². The van der Waals surface area contributed by atoms with Gasteiger partial charge in [0.05, 0.1) is 0 Å². The van der Waals surface area contributed by atoms with E-state index in [1.54, 1.807) is 0 Å². The first-order valence-electron chi connectivity index (χ1n) is 8.91. The second-order valence-electron chi connectivity index (χ2n) is 6.55. The van der Waals surface area contributed by atoms with Gasteiger partial charge in [-0.25, -0.2) is 0 Å². The van der Waals surface area contributed by atoms with Crippen molar-refractivity contribution in [1.82, 2.24) is 4.98 Å². The molecule has 0 aliphatic heterocycles. The molecule has 1 aromatic heterocycles. The van der Waals surface area contributed by atoms with Gasteiger partial charge in [-0.05, 0) is 60.7 Å². The SMILES string of the molecule is Brc1ccc2[nH]c3ccc(N(c4ccccc4)c4ccccc4)cc3c2c1. The molecule has 1 N–H and O–H groups in total. The van der Waals surface area contributed by atoms with E-state index in [0.29, 0.717) is 0 Å². The Kier molecular flexibility index (Phi) is 3.95. The van der Waals surface area contributed by atoms with E-state index in [4.69, 9.17) is 0 Å². The number of fused-ring (bicyclic) bond motifs is 3. The number of aromatic amines is 1. The molecule has 5 aromatic rings. The minimum atomic E-state index is 1.09. The van der Waals surface area contributed by atoms with E-state index in [-0.39, 0.29) is 0 Å². The highest BCUT2D eigenvalue weighted by Gasteiger charge is 2.14. The summed E-state index contributed by atoms with van der Waals surface area (Å²) >= 11 is 3.60. The maximum Gasteiger partial charge on any atom is 0.0469 e. The summed E-state index contributed by atoms with van der Waals surface area (Å²) in [4.78, 5) is 5.80. The first-order chi connectivity index (χ1) is 13.3. The lowest BCUT2D eigenvalue weighted by molar-refractivity contribution is 1.29. The highest BCUT2D eigenvalue weighted by Crippen LogP contribution is 2.37. The number of hydrogen-bond acceptors (Lipinski definition) is 1. The molecule has 0 bridgehead atoms. The number of hydrogen-bond donors (Lipinski definition) is 1. The van der Waals surface area contributed by atoms with Gasteiger partial charge in [0, 0.05) is 43.3 Å². The molecular weight excluding hydrogens is 396 g/mol. The lowest BCUT2D eigenvalue weighted by atomic mass is 10.1. The number of H-pyrrole nitrogens is 1. The molecule has 0 saturated heterocycles. The molecule has 0 radical (unpaired) electrons. The van der Waals surface area contributed by atoms with Crippen molar-refractivity contribution in [3.05, 3.63) is 102 Å². The fourth-order valence-corrected chi connectivity index (χ4v) is 3.96. The van der Waals surface area contributed by atoms with E-state index in [1.165, 1.54) is 10.8 Å². The minimum absolute atomic E-state index is 1.09. The Bertz CT molecular complexity index is 1190. The van der Waals surface area contributed by atoms with Crippen LogP contribution in [-0.4, -0.2) is 4.98 Å². The lowest BCUT2D eigenvalue weighted by Crippen LogP contribution is -2.09. The first kappa shape index (κ1) is 16.2. The van der Waals surface area contributed by atoms with Crippen molar-refractivity contribution in [2.24, 2.45) is 0 Å². The predicted octanol–water partition coefficient (Wildman–Crippen LogP) is 7.55. The zero-order valence-corrected chi connectivity index (χ0v) is 16.1. The second-order valence-corrected chi connectivity index (χ2v) is 7.47. The maximum absolute atomic E-state index is 3.60. The van der Waals surface area contributed by atoms with Crippen molar-refractivity contribution in [2.75, 3.05) is 4.90 Å². The van der Waals surface area contributed by atoms with Crippen LogP contribution < -0.4 is 4.90 Å². The zero-order valence-electron chi connectivity index (χ0n) is 14.6. The Morgan fingerprint density at radius 2 is 1.11 bits per heavy atom. The number of aromatic nitrogens is 1. The fraction of sp³-hybridized carbons (Fsp3) is 0. The number of para-hydroxylation sites is 2. The summed E-state index contributed by atoms with van der Waals surface area (Å²) in [5.74, 6) is 0. The Hall–Kier alpha value is -3.04. The van der Waals surface area contributed by atoms with Crippen LogP contribution in [0.5, 0.6) is 0 Å². The number of halogens is 1. The summed E-state index contributed by atoms with van der Waals surface area (Å²) in [6.07, 6.45) is 0. The first-order valence-corrected chi connectivity index (χ1v) is 9.70. The van der Waals surface area contributed by atoms with Crippen LogP contribution in [0.2, 0.25) is 0 Å². The fourth-order valence-electron chi connectivity index (χ4n) is 3.60. The van der Waals surface area contributed by atoms with Crippen LogP contribution in [0.1, 0.15) is 0 Å². The quantitative estimate of drug-likeness (QED) is 0.324. The van der Waals surface area contributed by atoms with Gasteiger partial charge in [-0.15, -0.1) is 0 Å². The van der Waals surface area contributed by atoms with Gasteiger partial charge in [-0.3, -0.25) is 0 Å². The van der Waals surface area contributed by atoms with Gasteiger partial charge in [0.15, 0.2) is 0 Å². The summed E-state index contributed by atoms with van der Waals surface area (Å²) in [5, 5.41) is 2.45. The van der Waals surface area contributed by atoms with Gasteiger partial charge in [-0.1, -0.05) is 52.3 Å². The lowest BCUT2D eigenvalue weighted by Gasteiger charge is -2.25. The van der Waals surface area contributed by atoms with Crippen LogP contribution in [0.3, 0.4) is 0 Å². The van der Waals surface area contributed by atoms with Crippen molar-refractivity contribution >= 4 is 54.8 Å². The third kappa shape index (κ3) is 2.90. The Labute approximate surface area is 166 Å². The number of nitrogens with zero attached hydrogens (tertiary/aromatic N) is 1. The highest BCUT2D eigenvalue weighted by atomic mass is 79.9. The summed E-state index contributed by atoms with van der Waals surface area (Å²) in [6, 6.07) is 33.9. The minimum Gasteiger partial charge on any atom is -0.355 e. The third-order valence-electron chi connectivity index (χ3n) is 4.83. The van der Waals surface area contributed by atoms with Crippen LogP contribution >= 0.6 is 15.9 Å². The molecule has 4 aromatic carbocycles. The molecule has 0 aliphatic rings. The monoisotopic (exact) mass is 412 g/mol. The summed E-state index contributed by atoms with van der Waals surface area (Å²) in [6.45, 7) is 0. The van der Waals surface area contributed by atoms with Crippen LogP contribution in [0.15, 0.2) is 102 Å². The smallest absolute Gasteiger partial charge is 0.0469 e. The van der Waals surface area contributed by atoms with E-state index in [2.05, 4.69) is 111 Å². The van der Waals surface area contributed by atoms with E-state index >= 15 is 0 Å². The molecule has 0 saturated carbocycles. The molecule has 0 unspecified atom stereocenters. The molecule has 3 heteroatoms. The summed E-state index contributed by atoms with van der Waals surface area (Å²) in [7, 11) is 0. The Balaban J connectivity index is 1.75. The van der Waals surface area contributed by atoms with Crippen LogP contribution in [-0.2, 0) is 0 Å². The van der Waals surface area contributed by atoms with Gasteiger partial charge in [0.1, 0.15) is 0 Å². The van der Waals surface area contributed by atoms with E-state index in [9.17, 15) is 0 Å². The molecule has 5 rings (SSSR count). The normalized spacial score (nSPS) is 11.1. The zero-order chi connectivity index (χ0) is 18.2. The third-order valence-corrected chi connectivity index (χ3v) is 5.32. The van der Waals surface area contributed by atoms with Gasteiger partial charge < -0.3 is 9.88 Å². The molecular formula is C24H17BrN2. The summed E-state index contributed by atoms with van der Waals surface area (Å²) < 4.78 is 1.09. The molecule has 0 atom stereocenters. The average molecular weight is 413 g/mol. The Morgan fingerprint density at radius 1 is 0.556 bits per heavy atom. The van der Waals surface area contributed by atoms with Gasteiger partial charge in [0.25, 0.3) is 0 Å². The molecule has 2 nitrogen and oxygen atoms in total. The van der Waals surface area contributed by atoms with Crippen molar-refractivity contribution in [2.45, 2.75) is 0 Å². The van der Waals surface area contributed by atoms with E-state index < -0.39 is 0 Å². The number of nitrogens with one attached hydrogen (secondary N) is 1. The van der Waals surface area contributed by atoms with Crippen LogP contribution in [0.25, 0.3) is 21.8 Å². The van der Waals surface area contributed by atoms with E-state index in [0.717, 1.165) is 32.6 Å². The molecule has 27 heavy (non-hydrogen) atoms. The van der Waals surface area contributed by atoms with Gasteiger partial charge in [-0.2, -0.15) is 0 Å². The predicted molar refractivity (Wildman–Crippen MR) is 118 cm³/mol. The van der Waals surface area contributed by atoms with Crippen LogP contribution in [0.4, 0.5) is 17.1 Å². The van der Waals surface area contributed by atoms with Gasteiger partial charge >= 0.3 is 0 Å². The largest absolute Gasteiger partial charge is 0.355 e. The summed E-state index contributed by atoms with van der Waals surface area (Å²) in [5.41, 5.74) is 5.72. The van der Waals surface area contributed by atoms with Crippen molar-refractivity contribution in [3.8, 4) is 0 Å². The van der Waals surface area contributed by atoms with Crippen molar-refractivity contribution in [3.63, 3.8) is 0 Å². The topological polar surface area (TPSA) is 19.0 Å². The van der Waals surface area contributed by atoms with Crippen molar-refractivity contribution in [1.29, 1.82) is 0 Å². The number of benzene rings is 4. The molecule has 0 fully saturated rings. The molecule has 0 aliphatic carbocycles. The average Bonchev–Trinajstić information content (AvgIpc) is 3.07. The maximum atomic E-state index is 3.60. The number of anilines is 3. The standard InChI is InChI=1S/C24H17BrN2/c25-17-11-13-23-21(15-17)22-16-20(12-14-24(22)26-23)27(18-7-3-1-4-8-18)19-9-5-2-6-10-19/h1-16,26H. The molecule has 130 valence electrons. The molecule has 0 spiro atoms. The van der Waals surface area contributed by atoms with E-state index in [1.807, 2.05) is 12.1 Å². The molecule has 0 amide bonds. The van der Waals surface area contributed by atoms with Crippen LogP contribution in [0, 0.1) is 0 Å². The molecule has 1 heterocycles. The highest BCUT2D eigenvalue weighted by molar-refractivity contribution is 9.10. The second kappa shape index (κ2) is 6.60. The number of rotatable bonds is 3. The van der Waals surface area contributed by atoms with Gasteiger partial charge in [0.2, 0.25) is 0 Å².